The molecular formula is C26H40NO2+. The van der Waals surface area contributed by atoms with E-state index < -0.39 is 0 Å². The number of carbonyl (C=O) groups excluding carboxylic acids is 1. The highest BCUT2D eigenvalue weighted by Gasteiger charge is 2.54. The molecule has 2 bridgehead atoms. The zero-order valence-corrected chi connectivity index (χ0v) is 18.7. The van der Waals surface area contributed by atoms with Crippen LogP contribution in [0.15, 0.2) is 30.3 Å². The number of piperidine rings is 1. The number of nitrogens with zero attached hydrogens (tertiary/aromatic N) is 1. The molecule has 1 saturated carbocycles. The molecule has 29 heavy (non-hydrogen) atoms. The van der Waals surface area contributed by atoms with Gasteiger partial charge in [-0.2, -0.15) is 0 Å². The predicted octanol–water partition coefficient (Wildman–Crippen LogP) is 5.69. The molecule has 2 saturated heterocycles. The van der Waals surface area contributed by atoms with Crippen molar-refractivity contribution in [3.63, 3.8) is 0 Å². The second kappa shape index (κ2) is 8.79. The van der Waals surface area contributed by atoms with Crippen molar-refractivity contribution in [1.82, 2.24) is 0 Å². The summed E-state index contributed by atoms with van der Waals surface area (Å²) in [6.07, 6.45) is 9.40. The molecule has 4 unspecified atom stereocenters. The lowest BCUT2D eigenvalue weighted by molar-refractivity contribution is -0.967. The Hall–Kier alpha value is -1.35. The summed E-state index contributed by atoms with van der Waals surface area (Å²) >= 11 is 0. The van der Waals surface area contributed by atoms with Gasteiger partial charge < -0.3 is 9.22 Å². The van der Waals surface area contributed by atoms with Crippen LogP contribution in [0.5, 0.6) is 0 Å². The molecule has 3 heteroatoms. The second-order valence-corrected chi connectivity index (χ2v) is 10.3. The van der Waals surface area contributed by atoms with Crippen molar-refractivity contribution in [2.75, 3.05) is 13.1 Å². The lowest BCUT2D eigenvalue weighted by Gasteiger charge is -2.50. The molecule has 6 atom stereocenters. The van der Waals surface area contributed by atoms with Crippen LogP contribution < -0.4 is 0 Å². The number of hydrogen-bond donors (Lipinski definition) is 0. The summed E-state index contributed by atoms with van der Waals surface area (Å²) in [7, 11) is 0. The van der Waals surface area contributed by atoms with Crippen molar-refractivity contribution in [2.24, 2.45) is 11.8 Å². The van der Waals surface area contributed by atoms with Gasteiger partial charge in [-0.15, -0.1) is 0 Å². The molecule has 160 valence electrons. The molecule has 1 aromatic rings. The number of rotatable bonds is 6. The summed E-state index contributed by atoms with van der Waals surface area (Å²) < 4.78 is 7.54. The number of fused-ring (bicyclic) bond motifs is 2. The average Bonchev–Trinajstić information content (AvgIpc) is 2.90. The van der Waals surface area contributed by atoms with Crippen LogP contribution in [0.3, 0.4) is 0 Å². The molecule has 0 spiro atoms. The molecule has 3 fully saturated rings. The monoisotopic (exact) mass is 398 g/mol. The third-order valence-electron chi connectivity index (χ3n) is 8.23. The molecule has 3 aliphatic rings. The first-order valence-corrected chi connectivity index (χ1v) is 12.2. The van der Waals surface area contributed by atoms with Gasteiger partial charge in [0.1, 0.15) is 6.10 Å². The Kier molecular flexibility index (Phi) is 6.34. The number of quaternary nitrogens is 1. The summed E-state index contributed by atoms with van der Waals surface area (Å²) in [5, 5.41) is 0. The Bertz CT molecular complexity index is 671. The third kappa shape index (κ3) is 4.13. The largest absolute Gasteiger partial charge is 0.462 e. The summed E-state index contributed by atoms with van der Waals surface area (Å²) in [5.41, 5.74) is 1.32. The molecule has 0 aromatic heterocycles. The van der Waals surface area contributed by atoms with Crippen LogP contribution in [-0.2, 0) is 9.53 Å². The van der Waals surface area contributed by atoms with E-state index in [1.807, 2.05) is 0 Å². The molecule has 3 nitrogen and oxygen atoms in total. The van der Waals surface area contributed by atoms with Gasteiger partial charge in [0.2, 0.25) is 0 Å². The van der Waals surface area contributed by atoms with E-state index in [1.165, 1.54) is 42.4 Å². The molecule has 0 N–H and O–H groups in total. The van der Waals surface area contributed by atoms with Gasteiger partial charge in [-0.25, -0.2) is 0 Å². The first-order valence-electron chi connectivity index (χ1n) is 12.2. The van der Waals surface area contributed by atoms with Gasteiger partial charge >= 0.3 is 5.97 Å². The Morgan fingerprint density at radius 3 is 2.31 bits per heavy atom. The summed E-state index contributed by atoms with van der Waals surface area (Å²) in [6, 6.07) is 12.0. The van der Waals surface area contributed by atoms with Crippen molar-refractivity contribution in [3.8, 4) is 0 Å². The SMILES string of the molecule is CC[N+]1(CC(C)C)[C@@H]2CC[C@H]1CC(OC(=O)C1CCCCC1c1ccccc1)C2. The average molecular weight is 399 g/mol. The fourth-order valence-corrected chi connectivity index (χ4v) is 7.04. The highest BCUT2D eigenvalue weighted by Crippen LogP contribution is 2.45. The Balaban J connectivity index is 1.43. The van der Waals surface area contributed by atoms with E-state index >= 15 is 0 Å². The van der Waals surface area contributed by atoms with Crippen LogP contribution in [-0.4, -0.2) is 41.7 Å². The van der Waals surface area contributed by atoms with Gasteiger partial charge in [0.05, 0.1) is 31.1 Å². The van der Waals surface area contributed by atoms with Crippen molar-refractivity contribution in [2.45, 2.75) is 96.2 Å². The molecule has 0 amide bonds. The minimum Gasteiger partial charge on any atom is -0.462 e. The van der Waals surface area contributed by atoms with E-state index in [0.29, 0.717) is 18.0 Å². The van der Waals surface area contributed by atoms with Crippen LogP contribution in [0, 0.1) is 11.8 Å². The Morgan fingerprint density at radius 1 is 1.03 bits per heavy atom. The number of benzene rings is 1. The Morgan fingerprint density at radius 2 is 1.69 bits per heavy atom. The second-order valence-electron chi connectivity index (χ2n) is 10.3. The van der Waals surface area contributed by atoms with Crippen LogP contribution >= 0.6 is 0 Å². The van der Waals surface area contributed by atoms with Crippen LogP contribution in [0.1, 0.15) is 83.6 Å². The van der Waals surface area contributed by atoms with E-state index in [2.05, 4.69) is 51.1 Å². The molecule has 2 heterocycles. The minimum atomic E-state index is 0.0480. The third-order valence-corrected chi connectivity index (χ3v) is 8.23. The molecule has 2 aliphatic heterocycles. The normalized spacial score (nSPS) is 36.9. The molecule has 0 radical (unpaired) electrons. The van der Waals surface area contributed by atoms with E-state index in [1.54, 1.807) is 0 Å². The van der Waals surface area contributed by atoms with Crippen molar-refractivity contribution in [1.29, 1.82) is 0 Å². The van der Waals surface area contributed by atoms with Gasteiger partial charge in [0.25, 0.3) is 0 Å². The summed E-state index contributed by atoms with van der Waals surface area (Å²) in [5.74, 6) is 1.20. The lowest BCUT2D eigenvalue weighted by Crippen LogP contribution is -2.62. The summed E-state index contributed by atoms with van der Waals surface area (Å²) in [6.45, 7) is 9.59. The molecular weight excluding hydrogens is 358 g/mol. The number of esters is 1. The number of ether oxygens (including phenoxy) is 1. The van der Waals surface area contributed by atoms with Crippen molar-refractivity contribution >= 4 is 5.97 Å². The van der Waals surface area contributed by atoms with Gasteiger partial charge in [-0.1, -0.05) is 57.0 Å². The molecule has 1 aromatic carbocycles. The Labute approximate surface area is 177 Å². The quantitative estimate of drug-likeness (QED) is 0.454. The van der Waals surface area contributed by atoms with E-state index in [9.17, 15) is 4.79 Å². The fraction of sp³-hybridized carbons (Fsp3) is 0.731. The zero-order chi connectivity index (χ0) is 20.4. The van der Waals surface area contributed by atoms with E-state index in [4.69, 9.17) is 4.74 Å². The standard InChI is InChI=1S/C26H40NO2/c1-4-27(18-19(2)3)21-14-15-22(27)17-23(16-21)29-26(28)25-13-9-8-12-24(25)20-10-6-5-7-11-20/h5-7,10-11,19,21-25H,4,8-9,12-18H2,1-3H3/q+1/t21-,22+,23?,24?,25?,27?. The molecule has 1 aliphatic carbocycles. The van der Waals surface area contributed by atoms with Gasteiger partial charge in [0.15, 0.2) is 0 Å². The zero-order valence-electron chi connectivity index (χ0n) is 18.7. The maximum atomic E-state index is 13.3. The van der Waals surface area contributed by atoms with Crippen molar-refractivity contribution in [3.05, 3.63) is 35.9 Å². The smallest absolute Gasteiger partial charge is 0.309 e. The van der Waals surface area contributed by atoms with E-state index in [-0.39, 0.29) is 18.0 Å². The molecule has 4 rings (SSSR count). The van der Waals surface area contributed by atoms with Crippen LogP contribution in [0.25, 0.3) is 0 Å². The van der Waals surface area contributed by atoms with Crippen molar-refractivity contribution < 1.29 is 14.0 Å². The maximum absolute atomic E-state index is 13.3. The van der Waals surface area contributed by atoms with Gasteiger partial charge in [-0.3, -0.25) is 4.79 Å². The van der Waals surface area contributed by atoms with E-state index in [0.717, 1.165) is 38.0 Å². The minimum absolute atomic E-state index is 0.0480. The number of carbonyl (C=O) groups is 1. The first kappa shape index (κ1) is 20.9. The van der Waals surface area contributed by atoms with Gasteiger partial charge in [0, 0.05) is 31.6 Å². The predicted molar refractivity (Wildman–Crippen MR) is 118 cm³/mol. The summed E-state index contributed by atoms with van der Waals surface area (Å²) in [4.78, 5) is 13.3. The van der Waals surface area contributed by atoms with Crippen LogP contribution in [0.2, 0.25) is 0 Å². The fourth-order valence-electron chi connectivity index (χ4n) is 7.04. The van der Waals surface area contributed by atoms with Crippen LogP contribution in [0.4, 0.5) is 0 Å². The highest BCUT2D eigenvalue weighted by atomic mass is 16.5. The van der Waals surface area contributed by atoms with Gasteiger partial charge in [-0.05, 0) is 31.2 Å². The first-order chi connectivity index (χ1) is 14.0. The topological polar surface area (TPSA) is 26.3 Å². The lowest BCUT2D eigenvalue weighted by atomic mass is 9.75. The highest BCUT2D eigenvalue weighted by molar-refractivity contribution is 5.74. The number of hydrogen-bond acceptors (Lipinski definition) is 2. The maximum Gasteiger partial charge on any atom is 0.309 e.